The molecule has 2 atom stereocenters. The van der Waals surface area contributed by atoms with Gasteiger partial charge in [-0.05, 0) is 38.4 Å². The predicted molar refractivity (Wildman–Crippen MR) is 85.7 cm³/mol. The highest BCUT2D eigenvalue weighted by Gasteiger charge is 2.20. The van der Waals surface area contributed by atoms with Crippen LogP contribution in [0.3, 0.4) is 0 Å². The normalized spacial score (nSPS) is 19.2. The van der Waals surface area contributed by atoms with E-state index >= 15 is 0 Å². The van der Waals surface area contributed by atoms with Gasteiger partial charge in [0.1, 0.15) is 11.3 Å². The molecule has 2 aromatic rings. The van der Waals surface area contributed by atoms with E-state index in [0.29, 0.717) is 12.5 Å². The second-order valence-electron chi connectivity index (χ2n) is 5.47. The van der Waals surface area contributed by atoms with Crippen LogP contribution in [0.4, 0.5) is 0 Å². The number of hydrogen-bond acceptors (Lipinski definition) is 3. The number of nitrogens with one attached hydrogen (secondary N) is 2. The number of hydrogen-bond donors (Lipinski definition) is 2. The molecule has 1 aromatic carbocycles. The fourth-order valence-corrected chi connectivity index (χ4v) is 2.74. The van der Waals surface area contributed by atoms with E-state index in [2.05, 4.69) is 10.6 Å². The summed E-state index contributed by atoms with van der Waals surface area (Å²) in [7, 11) is 0. The first-order valence-electron chi connectivity index (χ1n) is 7.23. The van der Waals surface area contributed by atoms with Gasteiger partial charge in [0.15, 0.2) is 0 Å². The number of furan rings is 1. The van der Waals surface area contributed by atoms with Crippen molar-refractivity contribution in [2.75, 3.05) is 6.54 Å². The van der Waals surface area contributed by atoms with Gasteiger partial charge in [-0.15, -0.1) is 12.4 Å². The van der Waals surface area contributed by atoms with Gasteiger partial charge in [-0.2, -0.15) is 0 Å². The van der Waals surface area contributed by atoms with Crippen molar-refractivity contribution in [3.8, 4) is 0 Å². The summed E-state index contributed by atoms with van der Waals surface area (Å²) >= 11 is 0. The minimum atomic E-state index is -0.101. The lowest BCUT2D eigenvalue weighted by molar-refractivity contribution is -0.122. The number of carbonyl (C=O) groups is 1. The Hall–Kier alpha value is -1.52. The second kappa shape index (κ2) is 6.96. The summed E-state index contributed by atoms with van der Waals surface area (Å²) in [6.07, 6.45) is 2.80. The van der Waals surface area contributed by atoms with E-state index in [1.165, 1.54) is 0 Å². The van der Waals surface area contributed by atoms with E-state index in [1.807, 2.05) is 37.3 Å². The first-order valence-corrected chi connectivity index (χ1v) is 7.23. The molecule has 1 aliphatic rings. The molecule has 1 aliphatic heterocycles. The Labute approximate surface area is 130 Å². The molecule has 1 amide bonds. The van der Waals surface area contributed by atoms with Gasteiger partial charge >= 0.3 is 0 Å². The first kappa shape index (κ1) is 15.9. The van der Waals surface area contributed by atoms with Crippen molar-refractivity contribution in [2.45, 2.75) is 38.3 Å². The molecule has 0 radical (unpaired) electrons. The zero-order valence-electron chi connectivity index (χ0n) is 12.1. The van der Waals surface area contributed by atoms with Crippen LogP contribution >= 0.6 is 12.4 Å². The van der Waals surface area contributed by atoms with Crippen LogP contribution in [-0.2, 0) is 4.79 Å². The van der Waals surface area contributed by atoms with E-state index in [4.69, 9.17) is 4.42 Å². The highest BCUT2D eigenvalue weighted by atomic mass is 35.5. The van der Waals surface area contributed by atoms with E-state index < -0.39 is 0 Å². The molecule has 2 unspecified atom stereocenters. The Morgan fingerprint density at radius 2 is 2.29 bits per heavy atom. The van der Waals surface area contributed by atoms with Gasteiger partial charge in [0, 0.05) is 17.8 Å². The van der Waals surface area contributed by atoms with Crippen LogP contribution in [0.5, 0.6) is 0 Å². The van der Waals surface area contributed by atoms with Crippen molar-refractivity contribution in [3.63, 3.8) is 0 Å². The summed E-state index contributed by atoms with van der Waals surface area (Å²) in [5.74, 6) is 0.885. The molecule has 5 heteroatoms. The Morgan fingerprint density at radius 3 is 3.00 bits per heavy atom. The van der Waals surface area contributed by atoms with E-state index in [-0.39, 0.29) is 24.4 Å². The summed E-state index contributed by atoms with van der Waals surface area (Å²) in [6, 6.07) is 10.1. The monoisotopic (exact) mass is 308 g/mol. The average Bonchev–Trinajstić information content (AvgIpc) is 3.06. The molecule has 2 heterocycles. The molecule has 1 fully saturated rings. The summed E-state index contributed by atoms with van der Waals surface area (Å²) in [6.45, 7) is 2.98. The summed E-state index contributed by atoms with van der Waals surface area (Å²) in [4.78, 5) is 12.0. The van der Waals surface area contributed by atoms with Crippen LogP contribution in [0.1, 0.15) is 38.0 Å². The number of para-hydroxylation sites is 1. The molecular weight excluding hydrogens is 288 g/mol. The SMILES string of the molecule is CC(NC(=O)CC1CCCN1)c1cc2ccccc2o1.Cl. The van der Waals surface area contributed by atoms with Gasteiger partial charge in [-0.25, -0.2) is 0 Å². The van der Waals surface area contributed by atoms with Crippen molar-refractivity contribution in [1.29, 1.82) is 0 Å². The lowest BCUT2D eigenvalue weighted by Gasteiger charge is -2.14. The lowest BCUT2D eigenvalue weighted by atomic mass is 10.1. The van der Waals surface area contributed by atoms with Crippen LogP contribution in [-0.4, -0.2) is 18.5 Å². The van der Waals surface area contributed by atoms with Crippen LogP contribution in [0, 0.1) is 0 Å². The van der Waals surface area contributed by atoms with E-state index in [0.717, 1.165) is 36.1 Å². The van der Waals surface area contributed by atoms with Crippen molar-refractivity contribution in [2.24, 2.45) is 0 Å². The molecule has 21 heavy (non-hydrogen) atoms. The van der Waals surface area contributed by atoms with Gasteiger partial charge < -0.3 is 15.1 Å². The molecule has 0 saturated carbocycles. The van der Waals surface area contributed by atoms with E-state index in [9.17, 15) is 4.79 Å². The number of amides is 1. The van der Waals surface area contributed by atoms with Crippen LogP contribution in [0.25, 0.3) is 11.0 Å². The smallest absolute Gasteiger partial charge is 0.222 e. The topological polar surface area (TPSA) is 54.3 Å². The van der Waals surface area contributed by atoms with Crippen LogP contribution < -0.4 is 10.6 Å². The number of benzene rings is 1. The maximum absolute atomic E-state index is 12.0. The third-order valence-electron chi connectivity index (χ3n) is 3.84. The third kappa shape index (κ3) is 3.77. The molecule has 0 aliphatic carbocycles. The standard InChI is InChI=1S/C16H20N2O2.ClH/c1-11(18-16(19)10-13-6-4-8-17-13)15-9-12-5-2-3-7-14(12)20-15;/h2-3,5,7,9,11,13,17H,4,6,8,10H2,1H3,(H,18,19);1H. The molecule has 114 valence electrons. The maximum atomic E-state index is 12.0. The lowest BCUT2D eigenvalue weighted by Crippen LogP contribution is -2.33. The summed E-state index contributed by atoms with van der Waals surface area (Å²) in [5.41, 5.74) is 0.862. The zero-order valence-corrected chi connectivity index (χ0v) is 12.9. The van der Waals surface area contributed by atoms with Crippen molar-refractivity contribution < 1.29 is 9.21 Å². The van der Waals surface area contributed by atoms with Crippen molar-refractivity contribution in [1.82, 2.24) is 10.6 Å². The second-order valence-corrected chi connectivity index (χ2v) is 5.47. The fraction of sp³-hybridized carbons (Fsp3) is 0.438. The highest BCUT2D eigenvalue weighted by molar-refractivity contribution is 5.85. The molecule has 3 rings (SSSR count). The van der Waals surface area contributed by atoms with Crippen LogP contribution in [0.2, 0.25) is 0 Å². The van der Waals surface area contributed by atoms with Gasteiger partial charge in [-0.3, -0.25) is 4.79 Å². The number of halogens is 1. The molecule has 1 saturated heterocycles. The maximum Gasteiger partial charge on any atom is 0.222 e. The fourth-order valence-electron chi connectivity index (χ4n) is 2.74. The minimum Gasteiger partial charge on any atom is -0.459 e. The third-order valence-corrected chi connectivity index (χ3v) is 3.84. The molecule has 0 spiro atoms. The quantitative estimate of drug-likeness (QED) is 0.912. The van der Waals surface area contributed by atoms with Gasteiger partial charge in [0.2, 0.25) is 5.91 Å². The average molecular weight is 309 g/mol. The highest BCUT2D eigenvalue weighted by Crippen LogP contribution is 2.23. The summed E-state index contributed by atoms with van der Waals surface area (Å²) in [5, 5.41) is 7.42. The van der Waals surface area contributed by atoms with Crippen LogP contribution in [0.15, 0.2) is 34.7 Å². The molecule has 4 nitrogen and oxygen atoms in total. The van der Waals surface area contributed by atoms with Gasteiger partial charge in [0.05, 0.1) is 6.04 Å². The summed E-state index contributed by atoms with van der Waals surface area (Å²) < 4.78 is 5.77. The Kier molecular flexibility index (Phi) is 5.26. The van der Waals surface area contributed by atoms with Gasteiger partial charge in [-0.1, -0.05) is 18.2 Å². The van der Waals surface area contributed by atoms with Gasteiger partial charge in [0.25, 0.3) is 0 Å². The molecular formula is C16H21ClN2O2. The number of rotatable bonds is 4. The predicted octanol–water partition coefficient (Wildman–Crippen LogP) is 3.17. The Morgan fingerprint density at radius 1 is 1.48 bits per heavy atom. The zero-order chi connectivity index (χ0) is 13.9. The molecule has 2 N–H and O–H groups in total. The Bertz CT molecular complexity index is 572. The number of fused-ring (bicyclic) bond motifs is 1. The first-order chi connectivity index (χ1) is 9.72. The van der Waals surface area contributed by atoms with Crippen molar-refractivity contribution >= 4 is 29.3 Å². The molecule has 1 aromatic heterocycles. The molecule has 0 bridgehead atoms. The minimum absolute atomic E-state index is 0. The number of carbonyl (C=O) groups excluding carboxylic acids is 1. The van der Waals surface area contributed by atoms with Crippen molar-refractivity contribution in [3.05, 3.63) is 36.1 Å². The van der Waals surface area contributed by atoms with E-state index in [1.54, 1.807) is 0 Å². The largest absolute Gasteiger partial charge is 0.459 e. The Balaban J connectivity index is 0.00000161.